The lowest BCUT2D eigenvalue weighted by Crippen LogP contribution is -2.09. The van der Waals surface area contributed by atoms with E-state index >= 15 is 0 Å². The van der Waals surface area contributed by atoms with Crippen molar-refractivity contribution in [2.75, 3.05) is 6.61 Å². The Bertz CT molecular complexity index is 812. The Morgan fingerprint density at radius 3 is 2.08 bits per heavy atom. The van der Waals surface area contributed by atoms with Crippen LogP contribution in [-0.4, -0.2) is 12.3 Å². The van der Waals surface area contributed by atoms with E-state index in [1.807, 2.05) is 12.1 Å². The first-order chi connectivity index (χ1) is 11.9. The summed E-state index contributed by atoms with van der Waals surface area (Å²) in [7, 11) is 0. The highest BCUT2D eigenvalue weighted by molar-refractivity contribution is 6.13. The van der Waals surface area contributed by atoms with Crippen LogP contribution in [0.5, 0.6) is 0 Å². The minimum atomic E-state index is 0.712. The minimum absolute atomic E-state index is 0.712. The van der Waals surface area contributed by atoms with Crippen LogP contribution in [0.1, 0.15) is 22.3 Å². The molecule has 1 heterocycles. The summed E-state index contributed by atoms with van der Waals surface area (Å²) in [6, 6.07) is 27.1. The summed E-state index contributed by atoms with van der Waals surface area (Å²) in [5.74, 6) is 0. The number of ether oxygens (including phenoxy) is 1. The van der Waals surface area contributed by atoms with Crippen LogP contribution in [0, 0.1) is 0 Å². The van der Waals surface area contributed by atoms with Crippen LogP contribution in [0.2, 0.25) is 0 Å². The van der Waals surface area contributed by atoms with Crippen LogP contribution in [0.4, 0.5) is 5.69 Å². The Labute approximate surface area is 142 Å². The number of nitrogens with zero attached hydrogens (tertiary/aromatic N) is 1. The molecule has 0 saturated carbocycles. The fourth-order valence-electron chi connectivity index (χ4n) is 3.04. The summed E-state index contributed by atoms with van der Waals surface area (Å²) < 4.78 is 5.52. The van der Waals surface area contributed by atoms with Gasteiger partial charge in [-0.2, -0.15) is 0 Å². The van der Waals surface area contributed by atoms with Gasteiger partial charge in [0, 0.05) is 11.1 Å². The Hall–Kier alpha value is -2.71. The van der Waals surface area contributed by atoms with Gasteiger partial charge in [0.15, 0.2) is 0 Å². The molecule has 2 nitrogen and oxygen atoms in total. The molecule has 24 heavy (non-hydrogen) atoms. The Balaban J connectivity index is 1.80. The van der Waals surface area contributed by atoms with E-state index in [0.717, 1.165) is 35.6 Å². The van der Waals surface area contributed by atoms with E-state index in [0.29, 0.717) is 6.61 Å². The first-order valence-corrected chi connectivity index (χ1v) is 8.29. The maximum absolute atomic E-state index is 5.52. The van der Waals surface area contributed by atoms with Crippen molar-refractivity contribution in [3.8, 4) is 0 Å². The molecule has 3 aromatic rings. The lowest BCUT2D eigenvalue weighted by Gasteiger charge is -2.16. The first kappa shape index (κ1) is 14.9. The van der Waals surface area contributed by atoms with Crippen LogP contribution in [-0.2, 0) is 17.8 Å². The zero-order chi connectivity index (χ0) is 16.2. The summed E-state index contributed by atoms with van der Waals surface area (Å²) in [5.41, 5.74) is 6.89. The molecule has 0 spiro atoms. The second-order valence-electron chi connectivity index (χ2n) is 5.95. The first-order valence-electron chi connectivity index (χ1n) is 8.29. The Morgan fingerprint density at radius 1 is 0.750 bits per heavy atom. The highest BCUT2D eigenvalue weighted by atomic mass is 16.5. The van der Waals surface area contributed by atoms with Crippen molar-refractivity contribution in [1.29, 1.82) is 0 Å². The third kappa shape index (κ3) is 3.15. The van der Waals surface area contributed by atoms with E-state index in [2.05, 4.69) is 66.7 Å². The molecule has 2 heteroatoms. The molecule has 0 fully saturated rings. The van der Waals surface area contributed by atoms with Gasteiger partial charge >= 0.3 is 0 Å². The average molecular weight is 313 g/mol. The fourth-order valence-corrected chi connectivity index (χ4v) is 3.04. The van der Waals surface area contributed by atoms with Crippen LogP contribution < -0.4 is 0 Å². The molecule has 0 atom stereocenters. The predicted molar refractivity (Wildman–Crippen MR) is 98.0 cm³/mol. The highest BCUT2D eigenvalue weighted by Crippen LogP contribution is 2.24. The normalized spacial score (nSPS) is 13.2. The van der Waals surface area contributed by atoms with Crippen molar-refractivity contribution in [2.45, 2.75) is 13.0 Å². The van der Waals surface area contributed by atoms with E-state index in [-0.39, 0.29) is 0 Å². The van der Waals surface area contributed by atoms with Crippen molar-refractivity contribution < 1.29 is 4.74 Å². The van der Waals surface area contributed by atoms with Gasteiger partial charge in [-0.05, 0) is 29.7 Å². The largest absolute Gasteiger partial charge is 0.376 e. The number of hydrogen-bond donors (Lipinski definition) is 0. The van der Waals surface area contributed by atoms with E-state index in [9.17, 15) is 0 Å². The average Bonchev–Trinajstić information content (AvgIpc) is 2.67. The van der Waals surface area contributed by atoms with Crippen molar-refractivity contribution in [3.05, 3.63) is 101 Å². The van der Waals surface area contributed by atoms with Crippen LogP contribution in [0.15, 0.2) is 83.9 Å². The number of rotatable bonds is 3. The zero-order valence-electron chi connectivity index (χ0n) is 13.5. The molecule has 0 radical (unpaired) electrons. The van der Waals surface area contributed by atoms with E-state index in [1.54, 1.807) is 0 Å². The third-order valence-electron chi connectivity index (χ3n) is 4.30. The molecule has 0 aliphatic carbocycles. The smallest absolute Gasteiger partial charge is 0.0781 e. The van der Waals surface area contributed by atoms with Gasteiger partial charge in [-0.1, -0.05) is 66.7 Å². The third-order valence-corrected chi connectivity index (χ3v) is 4.30. The SMILES string of the molecule is c1ccc(C(=Nc2ccc3c(c2)CCOC3)c2ccccc2)cc1. The van der Waals surface area contributed by atoms with Gasteiger partial charge < -0.3 is 4.74 Å². The molecule has 0 bridgehead atoms. The monoisotopic (exact) mass is 313 g/mol. The van der Waals surface area contributed by atoms with Gasteiger partial charge in [0.1, 0.15) is 0 Å². The molecule has 4 rings (SSSR count). The summed E-state index contributed by atoms with van der Waals surface area (Å²) in [4.78, 5) is 4.98. The topological polar surface area (TPSA) is 21.6 Å². The molecule has 0 unspecified atom stereocenters. The molecular formula is C22H19NO. The molecular weight excluding hydrogens is 294 g/mol. The van der Waals surface area contributed by atoms with Crippen LogP contribution in [0.3, 0.4) is 0 Å². The summed E-state index contributed by atoms with van der Waals surface area (Å²) in [5, 5.41) is 0. The maximum Gasteiger partial charge on any atom is 0.0781 e. The van der Waals surface area contributed by atoms with Gasteiger partial charge in [0.2, 0.25) is 0 Å². The fraction of sp³-hybridized carbons (Fsp3) is 0.136. The zero-order valence-corrected chi connectivity index (χ0v) is 13.5. The summed E-state index contributed by atoms with van der Waals surface area (Å²) >= 11 is 0. The molecule has 3 aromatic carbocycles. The van der Waals surface area contributed by atoms with E-state index < -0.39 is 0 Å². The highest BCUT2D eigenvalue weighted by Gasteiger charge is 2.11. The number of aliphatic imine (C=N–C) groups is 1. The predicted octanol–water partition coefficient (Wildman–Crippen LogP) is 4.93. The maximum atomic E-state index is 5.52. The lowest BCUT2D eigenvalue weighted by atomic mass is 10.0. The molecule has 1 aliphatic heterocycles. The van der Waals surface area contributed by atoms with Crippen molar-refractivity contribution in [2.24, 2.45) is 4.99 Å². The standard InChI is InChI=1S/C22H19NO/c1-3-7-17(8-4-1)22(18-9-5-2-6-10-18)23-21-12-11-20-16-24-14-13-19(20)15-21/h1-12,15H,13-14,16H2. The summed E-state index contributed by atoms with van der Waals surface area (Å²) in [6.07, 6.45) is 0.963. The van der Waals surface area contributed by atoms with Crippen molar-refractivity contribution in [3.63, 3.8) is 0 Å². The lowest BCUT2D eigenvalue weighted by molar-refractivity contribution is 0.111. The van der Waals surface area contributed by atoms with Gasteiger partial charge in [0.05, 0.1) is 24.6 Å². The molecule has 0 aromatic heterocycles. The van der Waals surface area contributed by atoms with Gasteiger partial charge in [-0.3, -0.25) is 0 Å². The van der Waals surface area contributed by atoms with Crippen molar-refractivity contribution >= 4 is 11.4 Å². The molecule has 0 amide bonds. The number of fused-ring (bicyclic) bond motifs is 1. The van der Waals surface area contributed by atoms with Gasteiger partial charge in [0.25, 0.3) is 0 Å². The molecule has 118 valence electrons. The van der Waals surface area contributed by atoms with Crippen molar-refractivity contribution in [1.82, 2.24) is 0 Å². The second-order valence-corrected chi connectivity index (χ2v) is 5.95. The van der Waals surface area contributed by atoms with Crippen LogP contribution >= 0.6 is 0 Å². The van der Waals surface area contributed by atoms with Crippen LogP contribution in [0.25, 0.3) is 0 Å². The Kier molecular flexibility index (Phi) is 4.22. The van der Waals surface area contributed by atoms with E-state index in [1.165, 1.54) is 11.1 Å². The summed E-state index contributed by atoms with van der Waals surface area (Å²) in [6.45, 7) is 1.51. The van der Waals surface area contributed by atoms with Gasteiger partial charge in [-0.25, -0.2) is 4.99 Å². The molecule has 0 saturated heterocycles. The number of hydrogen-bond acceptors (Lipinski definition) is 2. The molecule has 1 aliphatic rings. The van der Waals surface area contributed by atoms with Gasteiger partial charge in [-0.15, -0.1) is 0 Å². The number of benzene rings is 3. The quantitative estimate of drug-likeness (QED) is 0.628. The Morgan fingerprint density at radius 2 is 1.42 bits per heavy atom. The second kappa shape index (κ2) is 6.81. The van der Waals surface area contributed by atoms with E-state index in [4.69, 9.17) is 9.73 Å². The minimum Gasteiger partial charge on any atom is -0.376 e. The molecule has 0 N–H and O–H groups in total.